The summed E-state index contributed by atoms with van der Waals surface area (Å²) in [5.74, 6) is -0.113. The average Bonchev–Trinajstić information content (AvgIpc) is 3.50. The lowest BCUT2D eigenvalue weighted by Gasteiger charge is -2.52. The van der Waals surface area contributed by atoms with Crippen LogP contribution in [0.25, 0.3) is 10.9 Å². The number of H-pyrrole nitrogens is 1. The van der Waals surface area contributed by atoms with Gasteiger partial charge in [-0.15, -0.1) is 0 Å². The third-order valence-electron chi connectivity index (χ3n) is 10.5. The van der Waals surface area contributed by atoms with Crippen LogP contribution in [0.3, 0.4) is 0 Å². The smallest absolute Gasteiger partial charge is 0.338 e. The number of ketones is 1. The molecule has 0 unspecified atom stereocenters. The molecule has 3 aromatic rings. The summed E-state index contributed by atoms with van der Waals surface area (Å²) in [6.45, 7) is 3.38. The van der Waals surface area contributed by atoms with E-state index in [0.29, 0.717) is 54.4 Å². The first-order valence-corrected chi connectivity index (χ1v) is 16.3. The van der Waals surface area contributed by atoms with Crippen LogP contribution in [0.2, 0.25) is 0 Å². The fourth-order valence-corrected chi connectivity index (χ4v) is 8.32. The van der Waals surface area contributed by atoms with Crippen LogP contribution in [-0.4, -0.2) is 95.6 Å². The highest BCUT2D eigenvalue weighted by Crippen LogP contribution is 2.51. The predicted molar refractivity (Wildman–Crippen MR) is 175 cm³/mol. The normalized spacial score (nSPS) is 24.9. The lowest BCUT2D eigenvalue weighted by atomic mass is 9.63. The van der Waals surface area contributed by atoms with Crippen LogP contribution in [0.15, 0.2) is 24.3 Å². The fourth-order valence-electron chi connectivity index (χ4n) is 8.32. The Hall–Kier alpha value is -4.29. The maximum absolute atomic E-state index is 13.6. The molecule has 1 saturated heterocycles. The van der Waals surface area contributed by atoms with E-state index in [1.54, 1.807) is 19.2 Å². The Morgan fingerprint density at radius 3 is 2.23 bits per heavy atom. The van der Waals surface area contributed by atoms with Crippen molar-refractivity contribution in [2.75, 3.05) is 55.7 Å². The van der Waals surface area contributed by atoms with Crippen molar-refractivity contribution in [3.63, 3.8) is 0 Å². The number of ether oxygens (including phenoxy) is 7. The third-order valence-corrected chi connectivity index (χ3v) is 10.5. The number of fused-ring (bicyclic) bond motifs is 6. The fraction of sp³-hybridized carbons (Fsp3) is 0.528. The number of hydrogen-bond acceptors (Lipinski definition) is 11. The number of nitrogens with one attached hydrogen (secondary N) is 1. The van der Waals surface area contributed by atoms with E-state index in [0.717, 1.165) is 29.6 Å². The van der Waals surface area contributed by atoms with Gasteiger partial charge in [-0.25, -0.2) is 4.79 Å². The number of aromatic nitrogens is 1. The van der Waals surface area contributed by atoms with Crippen molar-refractivity contribution >= 4 is 28.6 Å². The Morgan fingerprint density at radius 2 is 1.62 bits per heavy atom. The number of nitrogens with zero attached hydrogens (tertiary/aromatic N) is 1. The molecule has 3 heterocycles. The van der Waals surface area contributed by atoms with Crippen molar-refractivity contribution < 1.29 is 47.5 Å². The van der Waals surface area contributed by atoms with E-state index in [2.05, 4.69) is 9.88 Å². The van der Waals surface area contributed by atoms with Gasteiger partial charge in [-0.05, 0) is 60.9 Å². The second-order valence-electron chi connectivity index (χ2n) is 12.6. The largest absolute Gasteiger partial charge is 0.496 e. The van der Waals surface area contributed by atoms with Crippen LogP contribution in [-0.2, 0) is 25.4 Å². The molecule has 0 spiro atoms. The monoisotopic (exact) mass is 664 g/mol. The lowest BCUT2D eigenvalue weighted by Crippen LogP contribution is -2.58. The van der Waals surface area contributed by atoms with Crippen molar-refractivity contribution in [1.82, 2.24) is 9.88 Å². The van der Waals surface area contributed by atoms with Gasteiger partial charge in [-0.2, -0.15) is 0 Å². The van der Waals surface area contributed by atoms with E-state index in [4.69, 9.17) is 33.2 Å². The Kier molecular flexibility index (Phi) is 9.57. The quantitative estimate of drug-likeness (QED) is 0.237. The van der Waals surface area contributed by atoms with E-state index in [9.17, 15) is 14.4 Å². The maximum atomic E-state index is 13.6. The molecule has 258 valence electrons. The summed E-state index contributed by atoms with van der Waals surface area (Å²) < 4.78 is 39.3. The molecule has 12 nitrogen and oxygen atoms in total. The van der Waals surface area contributed by atoms with Gasteiger partial charge in [0.1, 0.15) is 18.0 Å². The standard InChI is InChI=1S/C36H44N2O10/c1-8-24(39)30-25(42-2)10-9-20-21-11-12-38-17-19-15-28(48-35(40)18-13-26(43-3)33(45-5)27(14-18)44-4)34(46-6)29(36(41)47-7)22(19)16-23(38)31(21)37-32(20)30/h9-10,13-14,19,22-23,28-29,34,37H,8,11-12,15-17H2,1-7H3/t19-,22+,23-,28-,29+,34+/m1/s1. The zero-order chi connectivity index (χ0) is 34.3. The van der Waals surface area contributed by atoms with Crippen LogP contribution in [0.5, 0.6) is 23.0 Å². The molecular weight excluding hydrogens is 620 g/mol. The van der Waals surface area contributed by atoms with E-state index in [-0.39, 0.29) is 29.2 Å². The van der Waals surface area contributed by atoms with E-state index >= 15 is 0 Å². The van der Waals surface area contributed by atoms with Crippen LogP contribution < -0.4 is 18.9 Å². The molecule has 1 aliphatic carbocycles. The Morgan fingerprint density at radius 1 is 0.917 bits per heavy atom. The van der Waals surface area contributed by atoms with Gasteiger partial charge in [0.05, 0.1) is 64.2 Å². The number of benzene rings is 2. The molecule has 0 radical (unpaired) electrons. The van der Waals surface area contributed by atoms with Crippen LogP contribution in [0, 0.1) is 17.8 Å². The van der Waals surface area contributed by atoms with Crippen molar-refractivity contribution in [1.29, 1.82) is 0 Å². The molecule has 12 heteroatoms. The summed E-state index contributed by atoms with van der Waals surface area (Å²) in [6, 6.07) is 6.99. The summed E-state index contributed by atoms with van der Waals surface area (Å²) in [5, 5.41) is 1.03. The SMILES string of the molecule is CCC(=O)c1c(OC)ccc2c3c([nH]c12)[C@H]1C[C@H]2[C@H](C[C@@H](OC(=O)c4cc(OC)c(OC)c(OC)c4)[C@H](OC)[C@H]2C(=O)OC)CN1CC3. The molecule has 48 heavy (non-hydrogen) atoms. The topological polar surface area (TPSA) is 135 Å². The predicted octanol–water partition coefficient (Wildman–Crippen LogP) is 4.76. The van der Waals surface area contributed by atoms with Crippen molar-refractivity contribution in [2.24, 2.45) is 17.8 Å². The number of rotatable bonds is 10. The second kappa shape index (κ2) is 13.7. The van der Waals surface area contributed by atoms with Gasteiger partial charge in [0.15, 0.2) is 17.3 Å². The van der Waals surface area contributed by atoms with Gasteiger partial charge in [0, 0.05) is 37.7 Å². The minimum Gasteiger partial charge on any atom is -0.496 e. The van der Waals surface area contributed by atoms with Crippen LogP contribution in [0.4, 0.5) is 0 Å². The first kappa shape index (κ1) is 33.6. The van der Waals surface area contributed by atoms with Crippen molar-refractivity contribution in [3.8, 4) is 23.0 Å². The molecule has 2 aliphatic heterocycles. The molecular formula is C36H44N2O10. The zero-order valence-electron chi connectivity index (χ0n) is 28.5. The molecule has 0 bridgehead atoms. The van der Waals surface area contributed by atoms with Crippen molar-refractivity contribution in [3.05, 3.63) is 46.6 Å². The first-order chi connectivity index (χ1) is 23.2. The van der Waals surface area contributed by atoms with E-state index in [1.165, 1.54) is 41.1 Å². The van der Waals surface area contributed by atoms with Crippen molar-refractivity contribution in [2.45, 2.75) is 50.9 Å². The lowest BCUT2D eigenvalue weighted by molar-refractivity contribution is -0.176. The molecule has 0 amide bonds. The van der Waals surface area contributed by atoms with Gasteiger partial charge < -0.3 is 38.1 Å². The van der Waals surface area contributed by atoms with Crippen LogP contribution in [0.1, 0.15) is 64.2 Å². The number of piperidine rings is 1. The number of esters is 2. The number of carbonyl (C=O) groups is 3. The average molecular weight is 665 g/mol. The molecule has 3 aliphatic rings. The van der Waals surface area contributed by atoms with E-state index in [1.807, 2.05) is 19.1 Å². The molecule has 1 aromatic heterocycles. The summed E-state index contributed by atoms with van der Waals surface area (Å²) in [7, 11) is 8.94. The highest BCUT2D eigenvalue weighted by molar-refractivity contribution is 6.10. The highest BCUT2D eigenvalue weighted by Gasteiger charge is 2.54. The maximum Gasteiger partial charge on any atom is 0.338 e. The minimum absolute atomic E-state index is 0.000893. The van der Waals surface area contributed by atoms with E-state index < -0.39 is 30.1 Å². The summed E-state index contributed by atoms with van der Waals surface area (Å²) >= 11 is 0. The second-order valence-corrected chi connectivity index (χ2v) is 12.6. The molecule has 2 aromatic carbocycles. The van der Waals surface area contributed by atoms with Gasteiger partial charge in [-0.1, -0.05) is 6.92 Å². The Labute approximate surface area is 279 Å². The summed E-state index contributed by atoms with van der Waals surface area (Å²) in [4.78, 5) is 46.3. The first-order valence-electron chi connectivity index (χ1n) is 16.3. The Balaban J connectivity index is 1.32. The van der Waals surface area contributed by atoms with Gasteiger partial charge in [-0.3, -0.25) is 14.5 Å². The number of Topliss-reactive ketones (excluding diaryl/α,β-unsaturated/α-hetero) is 1. The molecule has 1 N–H and O–H groups in total. The third kappa shape index (κ3) is 5.54. The minimum atomic E-state index is -0.722. The molecule has 2 fully saturated rings. The summed E-state index contributed by atoms with van der Waals surface area (Å²) in [6.07, 6.45) is 0.944. The molecule has 6 atom stereocenters. The number of aromatic amines is 1. The number of methoxy groups -OCH3 is 6. The van der Waals surface area contributed by atoms with Gasteiger partial charge in [0.2, 0.25) is 5.75 Å². The molecule has 6 rings (SSSR count). The van der Waals surface area contributed by atoms with Gasteiger partial charge in [0.25, 0.3) is 0 Å². The number of carbonyl (C=O) groups excluding carboxylic acids is 3. The van der Waals surface area contributed by atoms with Gasteiger partial charge >= 0.3 is 11.9 Å². The summed E-state index contributed by atoms with van der Waals surface area (Å²) in [5.41, 5.74) is 3.87. The number of hydrogen-bond donors (Lipinski definition) is 1. The molecule has 1 saturated carbocycles. The zero-order valence-corrected chi connectivity index (χ0v) is 28.5. The Bertz CT molecular complexity index is 1690. The highest BCUT2D eigenvalue weighted by atomic mass is 16.6. The van der Waals surface area contributed by atoms with Crippen LogP contribution >= 0.6 is 0 Å².